The van der Waals surface area contributed by atoms with Crippen LogP contribution in [-0.2, 0) is 6.54 Å². The molecule has 1 saturated heterocycles. The molecule has 1 N–H and O–H groups in total. The lowest BCUT2D eigenvalue weighted by Crippen LogP contribution is -2.21. The van der Waals surface area contributed by atoms with E-state index in [9.17, 15) is 0 Å². The van der Waals surface area contributed by atoms with E-state index in [0.29, 0.717) is 6.04 Å². The van der Waals surface area contributed by atoms with Crippen LogP contribution in [-0.4, -0.2) is 31.3 Å². The van der Waals surface area contributed by atoms with Gasteiger partial charge < -0.3 is 10.1 Å². The summed E-state index contributed by atoms with van der Waals surface area (Å²) in [7, 11) is 1.70. The maximum Gasteiger partial charge on any atom is 0.118 e. The predicted octanol–water partition coefficient (Wildman–Crippen LogP) is 1.45. The Kier molecular flexibility index (Phi) is 3.23. The van der Waals surface area contributed by atoms with Crippen LogP contribution in [0.2, 0.25) is 0 Å². The summed E-state index contributed by atoms with van der Waals surface area (Å²) in [5.41, 5.74) is 1.34. The van der Waals surface area contributed by atoms with Gasteiger partial charge >= 0.3 is 0 Å². The van der Waals surface area contributed by atoms with Crippen molar-refractivity contribution in [2.45, 2.75) is 19.5 Å². The predicted molar refractivity (Wildman–Crippen MR) is 60.9 cm³/mol. The number of rotatable bonds is 3. The van der Waals surface area contributed by atoms with Crippen molar-refractivity contribution in [2.75, 3.05) is 20.3 Å². The van der Waals surface area contributed by atoms with Crippen molar-refractivity contribution in [2.24, 2.45) is 0 Å². The minimum absolute atomic E-state index is 0.614. The second-order valence-electron chi connectivity index (χ2n) is 4.12. The first-order valence-corrected chi connectivity index (χ1v) is 5.36. The summed E-state index contributed by atoms with van der Waals surface area (Å²) in [6.45, 7) is 5.36. The lowest BCUT2D eigenvalue weighted by atomic mass is 10.2. The van der Waals surface area contributed by atoms with Crippen LogP contribution in [0.15, 0.2) is 24.3 Å². The molecule has 15 heavy (non-hydrogen) atoms. The van der Waals surface area contributed by atoms with Gasteiger partial charge in [-0.1, -0.05) is 12.1 Å². The molecule has 0 bridgehead atoms. The number of ether oxygens (including phenoxy) is 1. The van der Waals surface area contributed by atoms with Crippen LogP contribution < -0.4 is 10.1 Å². The van der Waals surface area contributed by atoms with Crippen molar-refractivity contribution in [3.63, 3.8) is 0 Å². The van der Waals surface area contributed by atoms with E-state index < -0.39 is 0 Å². The third-order valence-electron chi connectivity index (χ3n) is 2.76. The monoisotopic (exact) mass is 206 g/mol. The van der Waals surface area contributed by atoms with E-state index in [2.05, 4.69) is 29.3 Å². The molecule has 1 aliphatic heterocycles. The van der Waals surface area contributed by atoms with E-state index in [1.165, 1.54) is 5.56 Å². The van der Waals surface area contributed by atoms with Gasteiger partial charge in [0, 0.05) is 25.8 Å². The second kappa shape index (κ2) is 4.64. The Morgan fingerprint density at radius 3 is 2.67 bits per heavy atom. The molecule has 3 heteroatoms. The average molecular weight is 206 g/mol. The van der Waals surface area contributed by atoms with Crippen molar-refractivity contribution in [1.82, 2.24) is 10.2 Å². The fraction of sp³-hybridized carbons (Fsp3) is 0.500. The molecule has 0 saturated carbocycles. The molecule has 0 unspecified atom stereocenters. The highest BCUT2D eigenvalue weighted by Gasteiger charge is 2.17. The quantitative estimate of drug-likeness (QED) is 0.810. The lowest BCUT2D eigenvalue weighted by molar-refractivity contribution is 0.323. The van der Waals surface area contributed by atoms with Crippen LogP contribution in [0.25, 0.3) is 0 Å². The summed E-state index contributed by atoms with van der Waals surface area (Å²) in [5.74, 6) is 0.923. The van der Waals surface area contributed by atoms with Gasteiger partial charge in [0.15, 0.2) is 0 Å². The first-order chi connectivity index (χ1) is 7.28. The Hall–Kier alpha value is -1.06. The molecule has 0 radical (unpaired) electrons. The largest absolute Gasteiger partial charge is 0.497 e. The average Bonchev–Trinajstić information content (AvgIpc) is 2.65. The van der Waals surface area contributed by atoms with Crippen LogP contribution in [0, 0.1) is 0 Å². The van der Waals surface area contributed by atoms with Gasteiger partial charge in [-0.25, -0.2) is 0 Å². The Morgan fingerprint density at radius 1 is 1.40 bits per heavy atom. The molecule has 0 spiro atoms. The van der Waals surface area contributed by atoms with E-state index in [-0.39, 0.29) is 0 Å². The normalized spacial score (nSPS) is 21.9. The van der Waals surface area contributed by atoms with Crippen LogP contribution in [0.1, 0.15) is 12.5 Å². The highest BCUT2D eigenvalue weighted by atomic mass is 16.5. The number of nitrogens with zero attached hydrogens (tertiary/aromatic N) is 1. The topological polar surface area (TPSA) is 24.5 Å². The molecule has 1 fully saturated rings. The van der Waals surface area contributed by atoms with E-state index in [0.717, 1.165) is 25.5 Å². The highest BCUT2D eigenvalue weighted by molar-refractivity contribution is 5.27. The van der Waals surface area contributed by atoms with Crippen LogP contribution >= 0.6 is 0 Å². The SMILES string of the molecule is COc1ccc(CN2CN[C@H](C)C2)cc1. The van der Waals surface area contributed by atoms with Crippen molar-refractivity contribution >= 4 is 0 Å². The molecule has 3 nitrogen and oxygen atoms in total. The van der Waals surface area contributed by atoms with Crippen LogP contribution in [0.3, 0.4) is 0 Å². The minimum atomic E-state index is 0.614. The molecular weight excluding hydrogens is 188 g/mol. The first kappa shape index (κ1) is 10.5. The van der Waals surface area contributed by atoms with Gasteiger partial charge in [-0.15, -0.1) is 0 Å². The lowest BCUT2D eigenvalue weighted by Gasteiger charge is -2.14. The Balaban J connectivity index is 1.93. The Bertz CT molecular complexity index is 310. The van der Waals surface area contributed by atoms with Gasteiger partial charge in [0.25, 0.3) is 0 Å². The van der Waals surface area contributed by atoms with Crippen molar-refractivity contribution in [1.29, 1.82) is 0 Å². The molecule has 2 rings (SSSR count). The van der Waals surface area contributed by atoms with E-state index >= 15 is 0 Å². The number of nitrogens with one attached hydrogen (secondary N) is 1. The Morgan fingerprint density at radius 2 is 2.13 bits per heavy atom. The summed E-state index contributed by atoms with van der Waals surface area (Å²) in [6, 6.07) is 8.90. The maximum absolute atomic E-state index is 5.13. The Labute approximate surface area is 91.0 Å². The van der Waals surface area contributed by atoms with Gasteiger partial charge in [-0.05, 0) is 24.6 Å². The first-order valence-electron chi connectivity index (χ1n) is 5.36. The summed E-state index contributed by atoms with van der Waals surface area (Å²) >= 11 is 0. The number of hydrogen-bond acceptors (Lipinski definition) is 3. The van der Waals surface area contributed by atoms with Gasteiger partial charge in [0.2, 0.25) is 0 Å². The molecule has 1 aromatic rings. The minimum Gasteiger partial charge on any atom is -0.497 e. The van der Waals surface area contributed by atoms with Crippen molar-refractivity contribution in [3.05, 3.63) is 29.8 Å². The molecular formula is C12H18N2O. The van der Waals surface area contributed by atoms with Gasteiger partial charge in [-0.2, -0.15) is 0 Å². The zero-order valence-corrected chi connectivity index (χ0v) is 9.36. The molecule has 82 valence electrons. The van der Waals surface area contributed by atoms with E-state index in [1.807, 2.05) is 12.1 Å². The highest BCUT2D eigenvalue weighted by Crippen LogP contribution is 2.13. The van der Waals surface area contributed by atoms with Gasteiger partial charge in [0.1, 0.15) is 5.75 Å². The fourth-order valence-electron chi connectivity index (χ4n) is 1.91. The standard InChI is InChI=1S/C12H18N2O/c1-10-7-14(9-13-10)8-11-3-5-12(15-2)6-4-11/h3-6,10,13H,7-9H2,1-2H3/t10-/m1/s1. The molecule has 1 aromatic carbocycles. The van der Waals surface area contributed by atoms with E-state index in [4.69, 9.17) is 4.74 Å². The molecule has 0 aliphatic carbocycles. The molecule has 1 heterocycles. The summed E-state index contributed by atoms with van der Waals surface area (Å²) in [5, 5.41) is 3.41. The fourth-order valence-corrected chi connectivity index (χ4v) is 1.91. The second-order valence-corrected chi connectivity index (χ2v) is 4.12. The molecule has 1 atom stereocenters. The smallest absolute Gasteiger partial charge is 0.118 e. The molecule has 0 amide bonds. The number of benzene rings is 1. The third kappa shape index (κ3) is 2.70. The van der Waals surface area contributed by atoms with Crippen molar-refractivity contribution < 1.29 is 4.74 Å². The zero-order chi connectivity index (χ0) is 10.7. The summed E-state index contributed by atoms with van der Waals surface area (Å²) < 4.78 is 5.13. The van der Waals surface area contributed by atoms with Gasteiger partial charge in [-0.3, -0.25) is 4.90 Å². The summed E-state index contributed by atoms with van der Waals surface area (Å²) in [6.07, 6.45) is 0. The molecule has 1 aliphatic rings. The van der Waals surface area contributed by atoms with Crippen LogP contribution in [0.5, 0.6) is 5.75 Å². The van der Waals surface area contributed by atoms with Gasteiger partial charge in [0.05, 0.1) is 7.11 Å². The van der Waals surface area contributed by atoms with E-state index in [1.54, 1.807) is 7.11 Å². The van der Waals surface area contributed by atoms with Crippen molar-refractivity contribution in [3.8, 4) is 5.75 Å². The number of methoxy groups -OCH3 is 1. The van der Waals surface area contributed by atoms with Crippen LogP contribution in [0.4, 0.5) is 0 Å². The molecule has 0 aromatic heterocycles. The zero-order valence-electron chi connectivity index (χ0n) is 9.36. The third-order valence-corrected chi connectivity index (χ3v) is 2.76. The summed E-state index contributed by atoms with van der Waals surface area (Å²) in [4.78, 5) is 2.41. The maximum atomic E-state index is 5.13. The number of hydrogen-bond donors (Lipinski definition) is 1.